The first-order valence-corrected chi connectivity index (χ1v) is 10.3. The molecule has 150 valence electrons. The van der Waals surface area contributed by atoms with E-state index in [1.807, 2.05) is 36.9 Å². The second kappa shape index (κ2) is 8.39. The Morgan fingerprint density at radius 3 is 2.55 bits per heavy atom. The van der Waals surface area contributed by atoms with Crippen LogP contribution in [0.15, 0.2) is 46.3 Å². The molecule has 5 nitrogen and oxygen atoms in total. The molecule has 2 fully saturated rings. The smallest absolute Gasteiger partial charge is 0.264 e. The van der Waals surface area contributed by atoms with Gasteiger partial charge in [0.15, 0.2) is 5.17 Å². The van der Waals surface area contributed by atoms with Crippen LogP contribution in [0.5, 0.6) is 0 Å². The highest BCUT2D eigenvalue weighted by molar-refractivity contribution is 8.18. The third-order valence-electron chi connectivity index (χ3n) is 4.71. The van der Waals surface area contributed by atoms with Crippen molar-refractivity contribution in [2.75, 3.05) is 31.2 Å². The Labute approximate surface area is 173 Å². The van der Waals surface area contributed by atoms with Crippen molar-refractivity contribution in [1.82, 2.24) is 5.32 Å². The minimum absolute atomic E-state index is 0.226. The molecule has 2 heterocycles. The van der Waals surface area contributed by atoms with E-state index < -0.39 is 0 Å². The lowest BCUT2D eigenvalue weighted by Gasteiger charge is -2.29. The molecular formula is C22H22FN3O2S. The van der Waals surface area contributed by atoms with Crippen molar-refractivity contribution >= 4 is 40.3 Å². The molecule has 7 heteroatoms. The van der Waals surface area contributed by atoms with Gasteiger partial charge in [0.2, 0.25) is 0 Å². The zero-order valence-electron chi connectivity index (χ0n) is 16.4. The number of carbonyl (C=O) groups excluding carboxylic acids is 1. The Balaban J connectivity index is 1.53. The van der Waals surface area contributed by atoms with Crippen molar-refractivity contribution in [2.45, 2.75) is 13.8 Å². The summed E-state index contributed by atoms with van der Waals surface area (Å²) in [6.07, 6.45) is 1.69. The molecule has 0 saturated carbocycles. The summed E-state index contributed by atoms with van der Waals surface area (Å²) in [4.78, 5) is 19.3. The summed E-state index contributed by atoms with van der Waals surface area (Å²) in [7, 11) is 0. The summed E-state index contributed by atoms with van der Waals surface area (Å²) in [5, 5.41) is 3.30. The van der Waals surface area contributed by atoms with Crippen LogP contribution in [0.1, 0.15) is 16.7 Å². The maximum absolute atomic E-state index is 14.6. The maximum atomic E-state index is 14.6. The van der Waals surface area contributed by atoms with Gasteiger partial charge in [0, 0.05) is 13.1 Å². The monoisotopic (exact) mass is 411 g/mol. The Morgan fingerprint density at radius 1 is 1.14 bits per heavy atom. The third-order valence-corrected chi connectivity index (χ3v) is 5.62. The molecule has 2 aromatic carbocycles. The number of carbonyl (C=O) groups is 1. The van der Waals surface area contributed by atoms with E-state index in [9.17, 15) is 9.18 Å². The highest BCUT2D eigenvalue weighted by Gasteiger charge is 2.24. The number of hydrogen-bond donors (Lipinski definition) is 1. The number of nitrogens with zero attached hydrogens (tertiary/aromatic N) is 2. The molecule has 2 aliphatic heterocycles. The van der Waals surface area contributed by atoms with Crippen molar-refractivity contribution in [3.05, 3.63) is 63.8 Å². The van der Waals surface area contributed by atoms with E-state index in [1.165, 1.54) is 17.8 Å². The van der Waals surface area contributed by atoms with Gasteiger partial charge < -0.3 is 15.0 Å². The van der Waals surface area contributed by atoms with Gasteiger partial charge in [0.1, 0.15) is 5.82 Å². The van der Waals surface area contributed by atoms with Crippen LogP contribution in [0.4, 0.5) is 15.8 Å². The standard InChI is InChI=1S/C22H22FN3O2S/c1-14-9-15(2)11-17(10-14)24-22-25-21(27)20(29-22)13-16-3-4-19(18(23)12-16)26-5-7-28-8-6-26/h3-4,9-13H,5-8H2,1-2H3,(H,24,25,27)/b20-13-. The number of rotatable bonds is 3. The lowest BCUT2D eigenvalue weighted by atomic mass is 10.1. The number of ether oxygens (including phenoxy) is 1. The lowest BCUT2D eigenvalue weighted by Crippen LogP contribution is -2.36. The maximum Gasteiger partial charge on any atom is 0.264 e. The van der Waals surface area contributed by atoms with Gasteiger partial charge in [-0.05, 0) is 72.6 Å². The number of nitrogens with one attached hydrogen (secondary N) is 1. The van der Waals surface area contributed by atoms with Crippen LogP contribution < -0.4 is 10.2 Å². The van der Waals surface area contributed by atoms with E-state index in [4.69, 9.17) is 4.74 Å². The molecular weight excluding hydrogens is 389 g/mol. The fourth-order valence-corrected chi connectivity index (χ4v) is 4.28. The zero-order valence-corrected chi connectivity index (χ0v) is 17.2. The molecule has 0 atom stereocenters. The van der Waals surface area contributed by atoms with E-state index in [0.717, 1.165) is 16.8 Å². The number of halogens is 1. The molecule has 0 aliphatic carbocycles. The topological polar surface area (TPSA) is 53.9 Å². The summed E-state index contributed by atoms with van der Waals surface area (Å²) < 4.78 is 19.9. The fraction of sp³-hybridized carbons (Fsp3) is 0.273. The van der Waals surface area contributed by atoms with E-state index >= 15 is 0 Å². The van der Waals surface area contributed by atoms with Crippen molar-refractivity contribution in [1.29, 1.82) is 0 Å². The predicted octanol–water partition coefficient (Wildman–Crippen LogP) is 4.17. The minimum atomic E-state index is -0.297. The van der Waals surface area contributed by atoms with Gasteiger partial charge >= 0.3 is 0 Å². The van der Waals surface area contributed by atoms with Gasteiger partial charge in [-0.25, -0.2) is 9.38 Å². The number of morpholine rings is 1. The number of benzene rings is 2. The van der Waals surface area contributed by atoms with Crippen LogP contribution in [0.25, 0.3) is 6.08 Å². The Hall–Kier alpha value is -2.64. The molecule has 2 aromatic rings. The first kappa shape index (κ1) is 19.7. The molecule has 0 radical (unpaired) electrons. The van der Waals surface area contributed by atoms with Gasteiger partial charge in [-0.3, -0.25) is 4.79 Å². The number of anilines is 1. The van der Waals surface area contributed by atoms with Crippen molar-refractivity contribution in [3.8, 4) is 0 Å². The molecule has 0 unspecified atom stereocenters. The molecule has 1 N–H and O–H groups in total. The molecule has 2 aliphatic rings. The minimum Gasteiger partial charge on any atom is -0.378 e. The third kappa shape index (κ3) is 4.68. The van der Waals surface area contributed by atoms with Crippen LogP contribution in [0, 0.1) is 19.7 Å². The quantitative estimate of drug-likeness (QED) is 0.771. The molecule has 0 aromatic heterocycles. The first-order chi connectivity index (χ1) is 14.0. The van der Waals surface area contributed by atoms with Crippen LogP contribution in [-0.4, -0.2) is 37.4 Å². The van der Waals surface area contributed by atoms with Crippen molar-refractivity contribution in [2.24, 2.45) is 4.99 Å². The van der Waals surface area contributed by atoms with Crippen LogP contribution >= 0.6 is 11.8 Å². The number of aryl methyl sites for hydroxylation is 2. The Kier molecular flexibility index (Phi) is 5.69. The molecule has 4 rings (SSSR count). The average Bonchev–Trinajstić information content (AvgIpc) is 3.00. The molecule has 1 amide bonds. The number of aliphatic imine (C=N–C) groups is 1. The largest absolute Gasteiger partial charge is 0.378 e. The number of amidine groups is 1. The van der Waals surface area contributed by atoms with E-state index in [1.54, 1.807) is 12.1 Å². The summed E-state index contributed by atoms with van der Waals surface area (Å²) in [6.45, 7) is 6.58. The molecule has 29 heavy (non-hydrogen) atoms. The van der Waals surface area contributed by atoms with Gasteiger partial charge in [-0.1, -0.05) is 12.1 Å². The Morgan fingerprint density at radius 2 is 1.86 bits per heavy atom. The van der Waals surface area contributed by atoms with Crippen LogP contribution in [-0.2, 0) is 9.53 Å². The van der Waals surface area contributed by atoms with E-state index in [-0.39, 0.29) is 11.7 Å². The second-order valence-corrected chi connectivity index (χ2v) is 8.17. The zero-order chi connectivity index (χ0) is 20.4. The highest BCUT2D eigenvalue weighted by atomic mass is 32.2. The number of hydrogen-bond acceptors (Lipinski definition) is 5. The fourth-order valence-electron chi connectivity index (χ4n) is 3.44. The molecule has 2 saturated heterocycles. The normalized spacial score (nSPS) is 19.8. The van der Waals surface area contributed by atoms with Gasteiger partial charge in [-0.15, -0.1) is 0 Å². The summed E-state index contributed by atoms with van der Waals surface area (Å²) >= 11 is 1.26. The molecule has 0 bridgehead atoms. The summed E-state index contributed by atoms with van der Waals surface area (Å²) in [5.41, 5.74) is 4.24. The van der Waals surface area contributed by atoms with Gasteiger partial charge in [0.05, 0.1) is 29.5 Å². The van der Waals surface area contributed by atoms with Crippen LogP contribution in [0.2, 0.25) is 0 Å². The van der Waals surface area contributed by atoms with Crippen molar-refractivity contribution < 1.29 is 13.9 Å². The van der Waals surface area contributed by atoms with Crippen molar-refractivity contribution in [3.63, 3.8) is 0 Å². The van der Waals surface area contributed by atoms with Crippen LogP contribution in [0.3, 0.4) is 0 Å². The average molecular weight is 412 g/mol. The first-order valence-electron chi connectivity index (χ1n) is 9.48. The lowest BCUT2D eigenvalue weighted by molar-refractivity contribution is -0.115. The second-order valence-electron chi connectivity index (χ2n) is 7.14. The SMILES string of the molecule is Cc1cc(C)cc(N=C2NC(=O)/C(=C/c3ccc(N4CCOCC4)c(F)c3)S2)c1. The summed E-state index contributed by atoms with van der Waals surface area (Å²) in [6, 6.07) is 11.1. The van der Waals surface area contributed by atoms with E-state index in [2.05, 4.69) is 16.4 Å². The predicted molar refractivity (Wildman–Crippen MR) is 116 cm³/mol. The van der Waals surface area contributed by atoms with Gasteiger partial charge in [-0.2, -0.15) is 0 Å². The summed E-state index contributed by atoms with van der Waals surface area (Å²) in [5.74, 6) is -0.524. The highest BCUT2D eigenvalue weighted by Crippen LogP contribution is 2.30. The van der Waals surface area contributed by atoms with Gasteiger partial charge in [0.25, 0.3) is 5.91 Å². The Bertz CT molecular complexity index is 993. The van der Waals surface area contributed by atoms with E-state index in [0.29, 0.717) is 47.6 Å². The number of amides is 1. The number of thioether (sulfide) groups is 1. The molecule has 0 spiro atoms.